The van der Waals surface area contributed by atoms with Crippen LogP contribution in [0.4, 0.5) is 8.78 Å². The lowest BCUT2D eigenvalue weighted by atomic mass is 9.98. The molecule has 0 radical (unpaired) electrons. The molecule has 0 saturated carbocycles. The molecule has 1 atom stereocenters. The highest BCUT2D eigenvalue weighted by Crippen LogP contribution is 2.26. The van der Waals surface area contributed by atoms with Crippen molar-refractivity contribution in [1.82, 2.24) is 5.43 Å². The molecule has 0 heterocycles. The average Bonchev–Trinajstić information content (AvgIpc) is 2.44. The Kier molecular flexibility index (Phi) is 4.09. The van der Waals surface area contributed by atoms with Gasteiger partial charge < -0.3 is 4.74 Å². The molecule has 0 aliphatic rings. The van der Waals surface area contributed by atoms with Gasteiger partial charge in [0.05, 0.1) is 13.2 Å². The highest BCUT2D eigenvalue weighted by atomic mass is 19.1. The van der Waals surface area contributed by atoms with Crippen molar-refractivity contribution >= 4 is 0 Å². The van der Waals surface area contributed by atoms with E-state index in [1.54, 1.807) is 24.3 Å². The van der Waals surface area contributed by atoms with Gasteiger partial charge in [0.15, 0.2) is 0 Å². The lowest BCUT2D eigenvalue weighted by Gasteiger charge is -2.18. The van der Waals surface area contributed by atoms with Crippen molar-refractivity contribution in [2.75, 3.05) is 7.11 Å². The molecule has 0 aliphatic carbocycles. The molecular formula is C14H14F2N2O. The lowest BCUT2D eigenvalue weighted by Crippen LogP contribution is -2.29. The van der Waals surface area contributed by atoms with Crippen LogP contribution in [-0.2, 0) is 0 Å². The zero-order valence-corrected chi connectivity index (χ0v) is 10.4. The van der Waals surface area contributed by atoms with Crippen molar-refractivity contribution in [1.29, 1.82) is 0 Å². The first kappa shape index (κ1) is 13.5. The third kappa shape index (κ3) is 2.89. The molecular weight excluding hydrogens is 250 g/mol. The predicted octanol–water partition coefficient (Wildman–Crippen LogP) is 2.53. The number of benzene rings is 2. The lowest BCUT2D eigenvalue weighted by molar-refractivity contribution is 0.413. The van der Waals surface area contributed by atoms with Crippen molar-refractivity contribution in [3.8, 4) is 5.75 Å². The van der Waals surface area contributed by atoms with Crippen molar-refractivity contribution in [3.05, 3.63) is 65.2 Å². The fourth-order valence-corrected chi connectivity index (χ4v) is 1.92. The third-order valence-electron chi connectivity index (χ3n) is 2.86. The largest absolute Gasteiger partial charge is 0.497 e. The monoisotopic (exact) mass is 264 g/mol. The Bertz CT molecular complexity index is 575. The van der Waals surface area contributed by atoms with Gasteiger partial charge in [-0.05, 0) is 35.9 Å². The van der Waals surface area contributed by atoms with Crippen LogP contribution in [0.3, 0.4) is 0 Å². The van der Waals surface area contributed by atoms with Crippen molar-refractivity contribution < 1.29 is 13.5 Å². The number of hydrogen-bond donors (Lipinski definition) is 2. The average molecular weight is 264 g/mol. The normalized spacial score (nSPS) is 12.2. The smallest absolute Gasteiger partial charge is 0.128 e. The zero-order valence-electron chi connectivity index (χ0n) is 10.4. The highest BCUT2D eigenvalue weighted by molar-refractivity contribution is 5.37. The molecule has 3 N–H and O–H groups in total. The van der Waals surface area contributed by atoms with Crippen molar-refractivity contribution in [2.24, 2.45) is 5.84 Å². The topological polar surface area (TPSA) is 47.3 Å². The first-order valence-corrected chi connectivity index (χ1v) is 5.70. The Morgan fingerprint density at radius 3 is 2.63 bits per heavy atom. The van der Waals surface area contributed by atoms with Gasteiger partial charge >= 0.3 is 0 Å². The SMILES string of the molecule is COc1cccc(C(NN)c2cc(F)ccc2F)c1. The molecule has 0 bridgehead atoms. The number of nitrogens with one attached hydrogen (secondary N) is 1. The molecule has 0 spiro atoms. The molecule has 1 unspecified atom stereocenters. The van der Waals surface area contributed by atoms with Crippen LogP contribution in [0, 0.1) is 11.6 Å². The molecule has 2 aromatic rings. The van der Waals surface area contributed by atoms with E-state index in [1.807, 2.05) is 0 Å². The Hall–Kier alpha value is -1.98. The summed E-state index contributed by atoms with van der Waals surface area (Å²) in [5.74, 6) is 5.05. The van der Waals surface area contributed by atoms with E-state index in [-0.39, 0.29) is 5.56 Å². The summed E-state index contributed by atoms with van der Waals surface area (Å²) in [6.45, 7) is 0. The van der Waals surface area contributed by atoms with E-state index in [0.29, 0.717) is 11.3 Å². The Labute approximate surface area is 110 Å². The molecule has 2 rings (SSSR count). The fraction of sp³-hybridized carbons (Fsp3) is 0.143. The van der Waals surface area contributed by atoms with Crippen LogP contribution >= 0.6 is 0 Å². The van der Waals surface area contributed by atoms with Crippen molar-refractivity contribution in [3.63, 3.8) is 0 Å². The predicted molar refractivity (Wildman–Crippen MR) is 68.5 cm³/mol. The van der Waals surface area contributed by atoms with Crippen molar-refractivity contribution in [2.45, 2.75) is 6.04 Å². The summed E-state index contributed by atoms with van der Waals surface area (Å²) < 4.78 is 32.1. The molecule has 0 amide bonds. The van der Waals surface area contributed by atoms with Crippen LogP contribution in [-0.4, -0.2) is 7.11 Å². The molecule has 3 nitrogen and oxygen atoms in total. The van der Waals surface area contributed by atoms with Crippen LogP contribution in [0.5, 0.6) is 5.75 Å². The minimum Gasteiger partial charge on any atom is -0.497 e. The summed E-state index contributed by atoms with van der Waals surface area (Å²) in [6, 6.07) is 9.62. The molecule has 0 aromatic heterocycles. The van der Waals surface area contributed by atoms with Crippen LogP contribution in [0.1, 0.15) is 17.2 Å². The third-order valence-corrected chi connectivity index (χ3v) is 2.86. The first-order valence-electron chi connectivity index (χ1n) is 5.70. The van der Waals surface area contributed by atoms with Crippen LogP contribution in [0.2, 0.25) is 0 Å². The van der Waals surface area contributed by atoms with Gasteiger partial charge in [0.2, 0.25) is 0 Å². The van der Waals surface area contributed by atoms with E-state index in [2.05, 4.69) is 5.43 Å². The first-order chi connectivity index (χ1) is 9.15. The Morgan fingerprint density at radius 1 is 1.16 bits per heavy atom. The summed E-state index contributed by atoms with van der Waals surface area (Å²) >= 11 is 0. The highest BCUT2D eigenvalue weighted by Gasteiger charge is 2.17. The van der Waals surface area contributed by atoms with E-state index in [0.717, 1.165) is 18.2 Å². The molecule has 19 heavy (non-hydrogen) atoms. The van der Waals surface area contributed by atoms with E-state index in [4.69, 9.17) is 10.6 Å². The molecule has 0 fully saturated rings. The van der Waals surface area contributed by atoms with Crippen LogP contribution in [0.15, 0.2) is 42.5 Å². The maximum absolute atomic E-state index is 13.8. The standard InChI is InChI=1S/C14H14F2N2O/c1-19-11-4-2-3-9(7-11)14(18-17)12-8-10(15)5-6-13(12)16/h2-8,14,18H,17H2,1H3. The van der Waals surface area contributed by atoms with Gasteiger partial charge in [0.25, 0.3) is 0 Å². The molecule has 0 saturated heterocycles. The maximum Gasteiger partial charge on any atom is 0.128 e. The second-order valence-electron chi connectivity index (χ2n) is 4.04. The number of ether oxygens (including phenoxy) is 1. The molecule has 0 aliphatic heterocycles. The van der Waals surface area contributed by atoms with Gasteiger partial charge in [-0.1, -0.05) is 12.1 Å². The molecule has 2 aromatic carbocycles. The second-order valence-corrected chi connectivity index (χ2v) is 4.04. The summed E-state index contributed by atoms with van der Waals surface area (Å²) in [6.07, 6.45) is 0. The Balaban J connectivity index is 2.46. The summed E-state index contributed by atoms with van der Waals surface area (Å²) in [5, 5.41) is 0. The van der Waals surface area contributed by atoms with Gasteiger partial charge in [-0.15, -0.1) is 0 Å². The minimum absolute atomic E-state index is 0.149. The van der Waals surface area contributed by atoms with Crippen LogP contribution in [0.25, 0.3) is 0 Å². The summed E-state index contributed by atoms with van der Waals surface area (Å²) in [4.78, 5) is 0. The minimum atomic E-state index is -0.647. The van der Waals surface area contributed by atoms with E-state index < -0.39 is 17.7 Å². The van der Waals surface area contributed by atoms with Gasteiger partial charge in [0.1, 0.15) is 17.4 Å². The van der Waals surface area contributed by atoms with Gasteiger partial charge in [-0.3, -0.25) is 5.84 Å². The van der Waals surface area contributed by atoms with E-state index >= 15 is 0 Å². The van der Waals surface area contributed by atoms with Gasteiger partial charge in [-0.2, -0.15) is 0 Å². The summed E-state index contributed by atoms with van der Waals surface area (Å²) in [7, 11) is 1.53. The molecule has 5 heteroatoms. The number of methoxy groups -OCH3 is 1. The zero-order chi connectivity index (χ0) is 13.8. The Morgan fingerprint density at radius 2 is 1.95 bits per heavy atom. The van der Waals surface area contributed by atoms with E-state index in [1.165, 1.54) is 7.11 Å². The van der Waals surface area contributed by atoms with Gasteiger partial charge in [0, 0.05) is 5.56 Å². The number of rotatable bonds is 4. The number of nitrogens with two attached hydrogens (primary N) is 1. The number of hydrogen-bond acceptors (Lipinski definition) is 3. The number of hydrazine groups is 1. The second kappa shape index (κ2) is 5.77. The summed E-state index contributed by atoms with van der Waals surface area (Å²) in [5.41, 5.74) is 3.33. The van der Waals surface area contributed by atoms with Gasteiger partial charge in [-0.25, -0.2) is 14.2 Å². The van der Waals surface area contributed by atoms with Crippen LogP contribution < -0.4 is 16.0 Å². The molecule has 100 valence electrons. The maximum atomic E-state index is 13.8. The quantitative estimate of drug-likeness (QED) is 0.659. The van der Waals surface area contributed by atoms with E-state index in [9.17, 15) is 8.78 Å². The number of halogens is 2. The fourth-order valence-electron chi connectivity index (χ4n) is 1.92.